The second-order valence-electron chi connectivity index (χ2n) is 2.24. The van der Waals surface area contributed by atoms with E-state index in [9.17, 15) is 0 Å². The van der Waals surface area contributed by atoms with Crippen molar-refractivity contribution < 1.29 is 9.94 Å². The van der Waals surface area contributed by atoms with Crippen LogP contribution in [0.5, 0.6) is 0 Å². The van der Waals surface area contributed by atoms with Gasteiger partial charge in [0.1, 0.15) is 6.73 Å². The third-order valence-corrected chi connectivity index (χ3v) is 1.48. The summed E-state index contributed by atoms with van der Waals surface area (Å²) in [5.41, 5.74) is 0. The van der Waals surface area contributed by atoms with Crippen molar-refractivity contribution in [2.45, 2.75) is 19.3 Å². The van der Waals surface area contributed by atoms with Gasteiger partial charge in [0.15, 0.2) is 0 Å². The summed E-state index contributed by atoms with van der Waals surface area (Å²) in [6.07, 6.45) is 3.48. The molecule has 0 aromatic rings. The van der Waals surface area contributed by atoms with Crippen molar-refractivity contribution in [3.63, 3.8) is 0 Å². The lowest BCUT2D eigenvalue weighted by Gasteiger charge is -2.14. The number of nitrogens with zero attached hydrogens (tertiary/aromatic N) is 1. The van der Waals surface area contributed by atoms with Crippen molar-refractivity contribution in [1.82, 2.24) is 5.06 Å². The zero-order chi connectivity index (χ0) is 6.53. The van der Waals surface area contributed by atoms with Gasteiger partial charge in [0.2, 0.25) is 0 Å². The lowest BCUT2D eigenvalue weighted by atomic mass is 10.2. The third kappa shape index (κ3) is 2.30. The van der Waals surface area contributed by atoms with Crippen molar-refractivity contribution in [1.29, 1.82) is 0 Å². The molecule has 1 aliphatic rings. The third-order valence-electron chi connectivity index (χ3n) is 1.48. The van der Waals surface area contributed by atoms with E-state index in [1.54, 1.807) is 5.06 Å². The van der Waals surface area contributed by atoms with E-state index in [0.717, 1.165) is 26.0 Å². The van der Waals surface area contributed by atoms with E-state index in [4.69, 9.17) is 9.94 Å². The molecule has 0 atom stereocenters. The van der Waals surface area contributed by atoms with Crippen LogP contribution in [-0.2, 0) is 4.84 Å². The minimum Gasteiger partial charge on any atom is -0.379 e. The molecule has 1 fully saturated rings. The molecular weight excluding hydrogens is 118 g/mol. The Morgan fingerprint density at radius 2 is 2.22 bits per heavy atom. The summed E-state index contributed by atoms with van der Waals surface area (Å²) >= 11 is 0. The van der Waals surface area contributed by atoms with Crippen LogP contribution in [0.1, 0.15) is 19.3 Å². The highest BCUT2D eigenvalue weighted by atomic mass is 16.7. The maximum atomic E-state index is 8.62. The molecule has 1 heterocycles. The summed E-state index contributed by atoms with van der Waals surface area (Å²) in [4.78, 5) is 5.14. The molecule has 0 amide bonds. The summed E-state index contributed by atoms with van der Waals surface area (Å²) in [5.74, 6) is 0. The molecule has 54 valence electrons. The monoisotopic (exact) mass is 131 g/mol. The summed E-state index contributed by atoms with van der Waals surface area (Å²) in [7, 11) is 0. The van der Waals surface area contributed by atoms with Gasteiger partial charge >= 0.3 is 0 Å². The van der Waals surface area contributed by atoms with E-state index in [0.29, 0.717) is 0 Å². The van der Waals surface area contributed by atoms with Crippen LogP contribution < -0.4 is 0 Å². The Morgan fingerprint density at radius 3 is 3.00 bits per heavy atom. The Morgan fingerprint density at radius 1 is 1.33 bits per heavy atom. The van der Waals surface area contributed by atoms with Gasteiger partial charge in [-0.1, -0.05) is 0 Å². The Bertz CT molecular complexity index is 69.5. The Balaban J connectivity index is 2.18. The van der Waals surface area contributed by atoms with E-state index < -0.39 is 0 Å². The minimum absolute atomic E-state index is 0.0278. The normalized spacial score (nSPS) is 23.7. The molecule has 0 unspecified atom stereocenters. The number of hydrogen-bond donors (Lipinski definition) is 1. The highest BCUT2D eigenvalue weighted by molar-refractivity contribution is 4.48. The SMILES string of the molecule is OCN1CCCCCO1. The fourth-order valence-electron chi connectivity index (χ4n) is 0.937. The first-order valence-electron chi connectivity index (χ1n) is 3.42. The zero-order valence-electron chi connectivity index (χ0n) is 5.55. The van der Waals surface area contributed by atoms with E-state index in [-0.39, 0.29) is 6.73 Å². The zero-order valence-corrected chi connectivity index (χ0v) is 5.55. The summed E-state index contributed by atoms with van der Waals surface area (Å²) in [5, 5.41) is 10.2. The number of hydroxylamine groups is 2. The fourth-order valence-corrected chi connectivity index (χ4v) is 0.937. The van der Waals surface area contributed by atoms with Gasteiger partial charge in [-0.2, -0.15) is 5.06 Å². The molecule has 0 spiro atoms. The molecule has 0 radical (unpaired) electrons. The molecule has 1 rings (SSSR count). The van der Waals surface area contributed by atoms with Crippen LogP contribution >= 0.6 is 0 Å². The molecule has 0 aliphatic carbocycles. The average Bonchev–Trinajstić information content (AvgIpc) is 2.13. The van der Waals surface area contributed by atoms with Gasteiger partial charge in [0.05, 0.1) is 6.61 Å². The minimum atomic E-state index is 0.0278. The molecule has 0 aromatic carbocycles. The molecule has 1 saturated heterocycles. The van der Waals surface area contributed by atoms with E-state index in [1.165, 1.54) is 6.42 Å². The number of rotatable bonds is 1. The number of hydrogen-bond acceptors (Lipinski definition) is 3. The van der Waals surface area contributed by atoms with Crippen LogP contribution in [0.25, 0.3) is 0 Å². The standard InChI is InChI=1S/C6H13NO2/c8-6-7-4-2-1-3-5-9-7/h8H,1-6H2. The predicted molar refractivity (Wildman–Crippen MR) is 33.6 cm³/mol. The Labute approximate surface area is 55.2 Å². The van der Waals surface area contributed by atoms with Crippen LogP contribution in [0.15, 0.2) is 0 Å². The molecular formula is C6H13NO2. The Hall–Kier alpha value is -0.120. The van der Waals surface area contributed by atoms with Crippen molar-refractivity contribution in [3.8, 4) is 0 Å². The average molecular weight is 131 g/mol. The summed E-state index contributed by atoms with van der Waals surface area (Å²) < 4.78 is 0. The Kier molecular flexibility index (Phi) is 2.97. The van der Waals surface area contributed by atoms with Gasteiger partial charge in [-0.3, -0.25) is 4.84 Å². The van der Waals surface area contributed by atoms with Gasteiger partial charge < -0.3 is 5.11 Å². The van der Waals surface area contributed by atoms with Crippen LogP contribution in [0, 0.1) is 0 Å². The smallest absolute Gasteiger partial charge is 0.119 e. The fraction of sp³-hybridized carbons (Fsp3) is 1.00. The van der Waals surface area contributed by atoms with E-state index in [2.05, 4.69) is 0 Å². The highest BCUT2D eigenvalue weighted by Crippen LogP contribution is 2.05. The number of aliphatic hydroxyl groups excluding tert-OH is 1. The quantitative estimate of drug-likeness (QED) is 0.557. The lowest BCUT2D eigenvalue weighted by Crippen LogP contribution is -2.24. The van der Waals surface area contributed by atoms with Crippen LogP contribution in [0.4, 0.5) is 0 Å². The van der Waals surface area contributed by atoms with Crippen LogP contribution in [0.3, 0.4) is 0 Å². The second-order valence-corrected chi connectivity index (χ2v) is 2.24. The van der Waals surface area contributed by atoms with E-state index in [1.807, 2.05) is 0 Å². The first kappa shape index (κ1) is 6.99. The molecule has 1 aliphatic heterocycles. The lowest BCUT2D eigenvalue weighted by molar-refractivity contribution is -0.189. The number of aliphatic hydroxyl groups is 1. The highest BCUT2D eigenvalue weighted by Gasteiger charge is 2.06. The first-order chi connectivity index (χ1) is 4.43. The molecule has 1 N–H and O–H groups in total. The van der Waals surface area contributed by atoms with Gasteiger partial charge in [0.25, 0.3) is 0 Å². The van der Waals surface area contributed by atoms with Crippen LogP contribution in [0.2, 0.25) is 0 Å². The van der Waals surface area contributed by atoms with Crippen molar-refractivity contribution >= 4 is 0 Å². The maximum absolute atomic E-state index is 8.62. The van der Waals surface area contributed by atoms with Crippen molar-refractivity contribution in [2.24, 2.45) is 0 Å². The van der Waals surface area contributed by atoms with E-state index >= 15 is 0 Å². The summed E-state index contributed by atoms with van der Waals surface area (Å²) in [6, 6.07) is 0. The van der Waals surface area contributed by atoms with Crippen LogP contribution in [-0.4, -0.2) is 30.1 Å². The van der Waals surface area contributed by atoms with Crippen molar-refractivity contribution in [2.75, 3.05) is 19.9 Å². The van der Waals surface area contributed by atoms with Gasteiger partial charge in [-0.15, -0.1) is 0 Å². The largest absolute Gasteiger partial charge is 0.379 e. The molecule has 3 heteroatoms. The molecule has 0 bridgehead atoms. The molecule has 0 saturated carbocycles. The molecule has 3 nitrogen and oxygen atoms in total. The summed E-state index contributed by atoms with van der Waals surface area (Å²) in [6.45, 7) is 1.66. The predicted octanol–water partition coefficient (Wildman–Crippen LogP) is 0.354. The van der Waals surface area contributed by atoms with Gasteiger partial charge in [-0.05, 0) is 19.3 Å². The molecule has 9 heavy (non-hydrogen) atoms. The second kappa shape index (κ2) is 3.82. The molecule has 0 aromatic heterocycles. The van der Waals surface area contributed by atoms with Gasteiger partial charge in [-0.25, -0.2) is 0 Å². The van der Waals surface area contributed by atoms with Crippen molar-refractivity contribution in [3.05, 3.63) is 0 Å². The van der Waals surface area contributed by atoms with Gasteiger partial charge in [0, 0.05) is 6.54 Å². The first-order valence-corrected chi connectivity index (χ1v) is 3.42. The maximum Gasteiger partial charge on any atom is 0.119 e. The topological polar surface area (TPSA) is 32.7 Å².